The Morgan fingerprint density at radius 2 is 1.84 bits per heavy atom. The molecule has 3 heteroatoms. The molecule has 19 heavy (non-hydrogen) atoms. The van der Waals surface area contributed by atoms with E-state index in [0.717, 1.165) is 16.2 Å². The highest BCUT2D eigenvalue weighted by Gasteiger charge is 2.10. The molecule has 0 heterocycles. The normalized spacial score (nSPS) is 10.4. The third-order valence-electron chi connectivity index (χ3n) is 2.84. The van der Waals surface area contributed by atoms with Gasteiger partial charge in [-0.1, -0.05) is 35.9 Å². The van der Waals surface area contributed by atoms with Crippen LogP contribution in [0.15, 0.2) is 47.4 Å². The second kappa shape index (κ2) is 5.93. The number of benzene rings is 2. The first kappa shape index (κ1) is 13.7. The van der Waals surface area contributed by atoms with Crippen molar-refractivity contribution in [3.63, 3.8) is 0 Å². The minimum Gasteiger partial charge on any atom is -0.478 e. The van der Waals surface area contributed by atoms with E-state index in [1.54, 1.807) is 17.8 Å². The molecule has 0 atom stereocenters. The van der Waals surface area contributed by atoms with Crippen LogP contribution in [0.3, 0.4) is 0 Å². The lowest BCUT2D eigenvalue weighted by molar-refractivity contribution is 0.0693. The first-order valence-electron chi connectivity index (χ1n) is 6.08. The topological polar surface area (TPSA) is 37.3 Å². The van der Waals surface area contributed by atoms with Gasteiger partial charge >= 0.3 is 5.97 Å². The van der Waals surface area contributed by atoms with Crippen molar-refractivity contribution in [1.29, 1.82) is 0 Å². The molecular formula is C16H16O2S. The SMILES string of the molecule is Cc1cccc(CSc2cc(C)ccc2C(=O)O)c1. The maximum Gasteiger partial charge on any atom is 0.336 e. The molecule has 0 aliphatic heterocycles. The van der Waals surface area contributed by atoms with Crippen LogP contribution in [-0.2, 0) is 5.75 Å². The number of carbonyl (C=O) groups is 1. The summed E-state index contributed by atoms with van der Waals surface area (Å²) in [5.41, 5.74) is 3.89. The second-order valence-electron chi connectivity index (χ2n) is 4.58. The molecule has 0 unspecified atom stereocenters. The van der Waals surface area contributed by atoms with Gasteiger partial charge in [-0.3, -0.25) is 0 Å². The molecule has 0 aromatic heterocycles. The lowest BCUT2D eigenvalue weighted by atomic mass is 10.1. The Kier molecular flexibility index (Phi) is 4.27. The molecular weight excluding hydrogens is 256 g/mol. The van der Waals surface area contributed by atoms with Crippen LogP contribution in [0.5, 0.6) is 0 Å². The van der Waals surface area contributed by atoms with Crippen LogP contribution in [0, 0.1) is 13.8 Å². The zero-order valence-electron chi connectivity index (χ0n) is 11.0. The summed E-state index contributed by atoms with van der Waals surface area (Å²) in [6.45, 7) is 4.03. The molecule has 1 N–H and O–H groups in total. The largest absolute Gasteiger partial charge is 0.478 e. The van der Waals surface area contributed by atoms with Crippen molar-refractivity contribution in [2.45, 2.75) is 24.5 Å². The van der Waals surface area contributed by atoms with Gasteiger partial charge in [-0.25, -0.2) is 4.79 Å². The first-order valence-corrected chi connectivity index (χ1v) is 7.07. The number of aryl methyl sites for hydroxylation is 2. The Hall–Kier alpha value is -1.74. The number of carboxylic acids is 1. The van der Waals surface area contributed by atoms with Crippen molar-refractivity contribution >= 4 is 17.7 Å². The molecule has 0 spiro atoms. The summed E-state index contributed by atoms with van der Waals surface area (Å²) < 4.78 is 0. The molecule has 0 amide bonds. The van der Waals surface area contributed by atoms with Gasteiger partial charge in [-0.05, 0) is 37.1 Å². The third kappa shape index (κ3) is 3.61. The predicted octanol–water partition coefficient (Wildman–Crippen LogP) is 4.29. The quantitative estimate of drug-likeness (QED) is 0.843. The number of thioether (sulfide) groups is 1. The Morgan fingerprint density at radius 1 is 1.11 bits per heavy atom. The van der Waals surface area contributed by atoms with Gasteiger partial charge in [-0.2, -0.15) is 0 Å². The number of aromatic carboxylic acids is 1. The molecule has 0 aliphatic carbocycles. The highest BCUT2D eigenvalue weighted by Crippen LogP contribution is 2.27. The van der Waals surface area contributed by atoms with E-state index in [4.69, 9.17) is 0 Å². The Morgan fingerprint density at radius 3 is 2.53 bits per heavy atom. The molecule has 0 radical (unpaired) electrons. The van der Waals surface area contributed by atoms with E-state index in [-0.39, 0.29) is 0 Å². The smallest absolute Gasteiger partial charge is 0.336 e. The minimum atomic E-state index is -0.869. The van der Waals surface area contributed by atoms with Gasteiger partial charge in [0, 0.05) is 10.6 Å². The lowest BCUT2D eigenvalue weighted by Gasteiger charge is -2.07. The Labute approximate surface area is 117 Å². The average molecular weight is 272 g/mol. The van der Waals surface area contributed by atoms with Crippen molar-refractivity contribution in [3.05, 3.63) is 64.7 Å². The summed E-state index contributed by atoms with van der Waals surface area (Å²) in [6.07, 6.45) is 0. The van der Waals surface area contributed by atoms with Crippen molar-refractivity contribution in [2.24, 2.45) is 0 Å². The summed E-state index contributed by atoms with van der Waals surface area (Å²) in [6, 6.07) is 13.7. The van der Waals surface area contributed by atoms with E-state index in [1.807, 2.05) is 25.1 Å². The summed E-state index contributed by atoms with van der Waals surface area (Å²) in [5, 5.41) is 9.18. The Balaban J connectivity index is 2.19. The average Bonchev–Trinajstić information content (AvgIpc) is 2.36. The van der Waals surface area contributed by atoms with E-state index < -0.39 is 5.97 Å². The minimum absolute atomic E-state index is 0.378. The number of carboxylic acid groups (broad SMARTS) is 1. The van der Waals surface area contributed by atoms with Crippen molar-refractivity contribution < 1.29 is 9.90 Å². The molecule has 98 valence electrons. The summed E-state index contributed by atoms with van der Waals surface area (Å²) in [5.74, 6) is -0.0856. The highest BCUT2D eigenvalue weighted by atomic mass is 32.2. The lowest BCUT2D eigenvalue weighted by Crippen LogP contribution is -1.99. The van der Waals surface area contributed by atoms with Gasteiger partial charge in [0.2, 0.25) is 0 Å². The van der Waals surface area contributed by atoms with E-state index in [2.05, 4.69) is 25.1 Å². The van der Waals surface area contributed by atoms with Gasteiger partial charge in [0.25, 0.3) is 0 Å². The van der Waals surface area contributed by atoms with Crippen LogP contribution in [0.2, 0.25) is 0 Å². The summed E-state index contributed by atoms with van der Waals surface area (Å²) in [7, 11) is 0. The van der Waals surface area contributed by atoms with Crippen molar-refractivity contribution in [3.8, 4) is 0 Å². The molecule has 0 aliphatic rings. The van der Waals surface area contributed by atoms with Crippen LogP contribution in [0.1, 0.15) is 27.0 Å². The zero-order chi connectivity index (χ0) is 13.8. The van der Waals surface area contributed by atoms with E-state index >= 15 is 0 Å². The van der Waals surface area contributed by atoms with E-state index in [9.17, 15) is 9.90 Å². The van der Waals surface area contributed by atoms with Crippen LogP contribution in [0.4, 0.5) is 0 Å². The van der Waals surface area contributed by atoms with Crippen LogP contribution in [-0.4, -0.2) is 11.1 Å². The fourth-order valence-electron chi connectivity index (χ4n) is 1.89. The van der Waals surface area contributed by atoms with Gasteiger partial charge in [-0.15, -0.1) is 11.8 Å². The van der Waals surface area contributed by atoms with Gasteiger partial charge in [0.05, 0.1) is 5.56 Å². The van der Waals surface area contributed by atoms with Crippen molar-refractivity contribution in [2.75, 3.05) is 0 Å². The Bertz CT molecular complexity index is 605. The van der Waals surface area contributed by atoms with Crippen LogP contribution < -0.4 is 0 Å². The van der Waals surface area contributed by atoms with E-state index in [1.165, 1.54) is 11.1 Å². The first-order chi connectivity index (χ1) is 9.06. The second-order valence-corrected chi connectivity index (χ2v) is 5.60. The van der Waals surface area contributed by atoms with Gasteiger partial charge in [0.15, 0.2) is 0 Å². The highest BCUT2D eigenvalue weighted by molar-refractivity contribution is 7.98. The maximum absolute atomic E-state index is 11.2. The fourth-order valence-corrected chi connectivity index (χ4v) is 2.97. The monoisotopic (exact) mass is 272 g/mol. The molecule has 2 aromatic rings. The predicted molar refractivity (Wildman–Crippen MR) is 78.9 cm³/mol. The zero-order valence-corrected chi connectivity index (χ0v) is 11.8. The molecule has 0 fully saturated rings. The van der Waals surface area contributed by atoms with E-state index in [0.29, 0.717) is 5.56 Å². The standard InChI is InChI=1S/C16H16O2S/c1-11-4-3-5-13(8-11)10-19-15-9-12(2)6-7-14(15)16(17)18/h3-9H,10H2,1-2H3,(H,17,18). The van der Waals surface area contributed by atoms with Crippen LogP contribution in [0.25, 0.3) is 0 Å². The fraction of sp³-hybridized carbons (Fsp3) is 0.188. The van der Waals surface area contributed by atoms with Crippen LogP contribution >= 0.6 is 11.8 Å². The molecule has 2 nitrogen and oxygen atoms in total. The molecule has 2 aromatic carbocycles. The number of hydrogen-bond acceptors (Lipinski definition) is 2. The number of hydrogen-bond donors (Lipinski definition) is 1. The summed E-state index contributed by atoms with van der Waals surface area (Å²) in [4.78, 5) is 12.0. The van der Waals surface area contributed by atoms with Gasteiger partial charge < -0.3 is 5.11 Å². The molecule has 2 rings (SSSR count). The molecule has 0 saturated carbocycles. The number of rotatable bonds is 4. The third-order valence-corrected chi connectivity index (χ3v) is 3.97. The van der Waals surface area contributed by atoms with Crippen molar-refractivity contribution in [1.82, 2.24) is 0 Å². The summed E-state index contributed by atoms with van der Waals surface area (Å²) >= 11 is 1.57. The molecule has 0 bridgehead atoms. The van der Waals surface area contributed by atoms with Gasteiger partial charge in [0.1, 0.15) is 0 Å². The molecule has 0 saturated heterocycles. The maximum atomic E-state index is 11.2.